The van der Waals surface area contributed by atoms with Crippen molar-refractivity contribution in [2.75, 3.05) is 5.32 Å². The number of sulfone groups is 1. The summed E-state index contributed by atoms with van der Waals surface area (Å²) in [5.41, 5.74) is -0.0836. The zero-order chi connectivity index (χ0) is 14.0. The molecule has 1 N–H and O–H groups in total. The highest BCUT2D eigenvalue weighted by Crippen LogP contribution is 2.30. The molecule has 1 fully saturated rings. The van der Waals surface area contributed by atoms with Crippen molar-refractivity contribution in [3.63, 3.8) is 0 Å². The Morgan fingerprint density at radius 3 is 2.42 bits per heavy atom. The van der Waals surface area contributed by atoms with Gasteiger partial charge in [-0.2, -0.15) is 8.78 Å². The van der Waals surface area contributed by atoms with Crippen molar-refractivity contribution in [2.24, 2.45) is 5.92 Å². The van der Waals surface area contributed by atoms with Gasteiger partial charge in [0.25, 0.3) is 0 Å². The molecule has 0 atom stereocenters. The molecule has 1 aromatic carbocycles. The van der Waals surface area contributed by atoms with Crippen LogP contribution in [0.15, 0.2) is 29.2 Å². The number of carbonyl (C=O) groups is 1. The van der Waals surface area contributed by atoms with Crippen LogP contribution >= 0.6 is 0 Å². The molecule has 1 aliphatic carbocycles. The fraction of sp³-hybridized carbons (Fsp3) is 0.417. The summed E-state index contributed by atoms with van der Waals surface area (Å²) in [6, 6.07) is 5.21. The zero-order valence-electron chi connectivity index (χ0n) is 9.97. The maximum atomic E-state index is 12.6. The fourth-order valence-corrected chi connectivity index (χ4v) is 2.71. The standard InChI is InChI=1S/C12H13F2NO3S/c13-12(14)19(17,18)10-7-2-1-6-9(10)15-11(16)8-4-3-5-8/h1-2,6-8,12H,3-5H2,(H,15,16). The van der Waals surface area contributed by atoms with Gasteiger partial charge in [-0.05, 0) is 25.0 Å². The molecule has 0 aliphatic heterocycles. The van der Waals surface area contributed by atoms with Crippen LogP contribution in [0.5, 0.6) is 0 Å². The first-order chi connectivity index (χ1) is 8.93. The number of benzene rings is 1. The van der Waals surface area contributed by atoms with Gasteiger partial charge >= 0.3 is 5.76 Å². The molecule has 0 radical (unpaired) electrons. The van der Waals surface area contributed by atoms with Gasteiger partial charge in [0.1, 0.15) is 0 Å². The molecule has 4 nitrogen and oxygen atoms in total. The molecular formula is C12H13F2NO3S. The first kappa shape index (κ1) is 13.9. The van der Waals surface area contributed by atoms with Gasteiger partial charge in [-0.1, -0.05) is 18.6 Å². The van der Waals surface area contributed by atoms with Crippen LogP contribution in [0.1, 0.15) is 19.3 Å². The van der Waals surface area contributed by atoms with E-state index in [4.69, 9.17) is 0 Å². The van der Waals surface area contributed by atoms with E-state index in [0.717, 1.165) is 25.3 Å². The number of para-hydroxylation sites is 1. The number of nitrogens with one attached hydrogen (secondary N) is 1. The van der Waals surface area contributed by atoms with Crippen LogP contribution in [0.4, 0.5) is 14.5 Å². The fourth-order valence-electron chi connectivity index (χ4n) is 1.82. The van der Waals surface area contributed by atoms with Gasteiger partial charge < -0.3 is 5.32 Å². The van der Waals surface area contributed by atoms with Crippen molar-refractivity contribution in [1.29, 1.82) is 0 Å². The number of rotatable bonds is 4. The number of alkyl halides is 2. The lowest BCUT2D eigenvalue weighted by molar-refractivity contribution is -0.122. The van der Waals surface area contributed by atoms with Gasteiger partial charge in [-0.15, -0.1) is 0 Å². The highest BCUT2D eigenvalue weighted by atomic mass is 32.2. The highest BCUT2D eigenvalue weighted by molar-refractivity contribution is 7.91. The Bertz CT molecular complexity index is 582. The number of hydrogen-bond acceptors (Lipinski definition) is 3. The molecular weight excluding hydrogens is 276 g/mol. The average molecular weight is 289 g/mol. The van der Waals surface area contributed by atoms with E-state index in [1.54, 1.807) is 0 Å². The molecule has 1 saturated carbocycles. The van der Waals surface area contributed by atoms with Crippen molar-refractivity contribution in [3.05, 3.63) is 24.3 Å². The molecule has 0 heterocycles. The Labute approximate surface area is 109 Å². The van der Waals surface area contributed by atoms with Gasteiger partial charge in [0.15, 0.2) is 0 Å². The van der Waals surface area contributed by atoms with Crippen LogP contribution in [0.2, 0.25) is 0 Å². The van der Waals surface area contributed by atoms with Crippen LogP contribution in [-0.2, 0) is 14.6 Å². The van der Waals surface area contributed by atoms with E-state index < -0.39 is 20.5 Å². The van der Waals surface area contributed by atoms with Crippen LogP contribution < -0.4 is 5.32 Å². The van der Waals surface area contributed by atoms with Gasteiger partial charge in [0, 0.05) is 5.92 Å². The molecule has 0 saturated heterocycles. The van der Waals surface area contributed by atoms with Crippen molar-refractivity contribution in [1.82, 2.24) is 0 Å². The van der Waals surface area contributed by atoms with Crippen LogP contribution in [0.3, 0.4) is 0 Å². The van der Waals surface area contributed by atoms with E-state index in [0.29, 0.717) is 0 Å². The third-order valence-corrected chi connectivity index (χ3v) is 4.60. The maximum absolute atomic E-state index is 12.6. The van der Waals surface area contributed by atoms with E-state index >= 15 is 0 Å². The molecule has 1 aromatic rings. The number of carbonyl (C=O) groups excluding carboxylic acids is 1. The van der Waals surface area contributed by atoms with Crippen molar-refractivity contribution in [2.45, 2.75) is 29.9 Å². The Kier molecular flexibility index (Phi) is 3.84. The van der Waals surface area contributed by atoms with Crippen molar-refractivity contribution >= 4 is 21.4 Å². The quantitative estimate of drug-likeness (QED) is 0.926. The van der Waals surface area contributed by atoms with E-state index in [9.17, 15) is 22.0 Å². The largest absolute Gasteiger partial charge is 0.341 e. The molecule has 0 aromatic heterocycles. The topological polar surface area (TPSA) is 63.2 Å². The van der Waals surface area contributed by atoms with Gasteiger partial charge in [-0.3, -0.25) is 4.79 Å². The molecule has 0 spiro atoms. The minimum absolute atomic E-state index is 0.0836. The van der Waals surface area contributed by atoms with E-state index in [1.165, 1.54) is 18.2 Å². The Hall–Kier alpha value is -1.50. The second-order valence-electron chi connectivity index (χ2n) is 4.42. The molecule has 104 valence electrons. The summed E-state index contributed by atoms with van der Waals surface area (Å²) in [6.45, 7) is 0. The minimum Gasteiger partial charge on any atom is -0.325 e. The molecule has 7 heteroatoms. The van der Waals surface area contributed by atoms with E-state index in [1.807, 2.05) is 0 Å². The van der Waals surface area contributed by atoms with Crippen LogP contribution in [0, 0.1) is 5.92 Å². The van der Waals surface area contributed by atoms with Crippen LogP contribution in [-0.4, -0.2) is 20.1 Å². The Balaban J connectivity index is 2.28. The maximum Gasteiger partial charge on any atom is 0.341 e. The monoisotopic (exact) mass is 289 g/mol. The van der Waals surface area contributed by atoms with E-state index in [2.05, 4.69) is 5.32 Å². The van der Waals surface area contributed by atoms with Gasteiger partial charge in [0.05, 0.1) is 10.6 Å². The Morgan fingerprint density at radius 1 is 1.26 bits per heavy atom. The third-order valence-electron chi connectivity index (χ3n) is 3.16. The second kappa shape index (κ2) is 5.24. The predicted molar refractivity (Wildman–Crippen MR) is 65.6 cm³/mol. The predicted octanol–water partition coefficient (Wildman–Crippen LogP) is 2.42. The highest BCUT2D eigenvalue weighted by Gasteiger charge is 2.31. The van der Waals surface area contributed by atoms with Crippen molar-refractivity contribution in [3.8, 4) is 0 Å². The molecule has 0 unspecified atom stereocenters. The average Bonchev–Trinajstić information content (AvgIpc) is 2.26. The summed E-state index contributed by atoms with van der Waals surface area (Å²) in [4.78, 5) is 11.2. The number of amides is 1. The lowest BCUT2D eigenvalue weighted by Crippen LogP contribution is -2.29. The number of anilines is 1. The van der Waals surface area contributed by atoms with Crippen LogP contribution in [0.25, 0.3) is 0 Å². The molecule has 1 amide bonds. The van der Waals surface area contributed by atoms with Gasteiger partial charge in [0.2, 0.25) is 15.7 Å². The van der Waals surface area contributed by atoms with E-state index in [-0.39, 0.29) is 17.5 Å². The molecule has 1 aliphatic rings. The SMILES string of the molecule is O=C(Nc1ccccc1S(=O)(=O)C(F)F)C1CCC1. The number of hydrogen-bond donors (Lipinski definition) is 1. The zero-order valence-corrected chi connectivity index (χ0v) is 10.8. The summed E-state index contributed by atoms with van der Waals surface area (Å²) in [6.07, 6.45) is 2.44. The number of halogens is 2. The Morgan fingerprint density at radius 2 is 1.89 bits per heavy atom. The lowest BCUT2D eigenvalue weighted by Gasteiger charge is -2.24. The normalized spacial score (nSPS) is 16.2. The molecule has 0 bridgehead atoms. The second-order valence-corrected chi connectivity index (χ2v) is 6.31. The lowest BCUT2D eigenvalue weighted by atomic mass is 9.85. The molecule has 19 heavy (non-hydrogen) atoms. The summed E-state index contributed by atoms with van der Waals surface area (Å²) in [5, 5.41) is 2.42. The van der Waals surface area contributed by atoms with Crippen molar-refractivity contribution < 1.29 is 22.0 Å². The first-order valence-electron chi connectivity index (χ1n) is 5.85. The smallest absolute Gasteiger partial charge is 0.325 e. The summed E-state index contributed by atoms with van der Waals surface area (Å²) >= 11 is 0. The minimum atomic E-state index is -4.72. The summed E-state index contributed by atoms with van der Waals surface area (Å²) in [7, 11) is -4.72. The molecule has 2 rings (SSSR count). The summed E-state index contributed by atoms with van der Waals surface area (Å²) in [5.74, 6) is -3.97. The summed E-state index contributed by atoms with van der Waals surface area (Å²) < 4.78 is 48.1. The third kappa shape index (κ3) is 2.75. The first-order valence-corrected chi connectivity index (χ1v) is 7.39. The van der Waals surface area contributed by atoms with Gasteiger partial charge in [-0.25, -0.2) is 8.42 Å².